The average molecular weight is 446 g/mol. The van der Waals surface area contributed by atoms with Crippen molar-refractivity contribution < 1.29 is 13.2 Å². The molecule has 0 saturated carbocycles. The molecule has 2 aliphatic rings. The molecule has 2 unspecified atom stereocenters. The number of fused-ring (bicyclic) bond motifs is 1. The smallest absolute Gasteiger partial charge is 0.227 e. The number of sulfone groups is 1. The van der Waals surface area contributed by atoms with Gasteiger partial charge >= 0.3 is 0 Å². The second-order valence-corrected chi connectivity index (χ2v) is 11.3. The molecular formula is C27H27NO3S. The average Bonchev–Trinajstić information content (AvgIpc) is 3.29. The summed E-state index contributed by atoms with van der Waals surface area (Å²) in [5.41, 5.74) is 2.79. The fourth-order valence-corrected chi connectivity index (χ4v) is 7.83. The summed E-state index contributed by atoms with van der Waals surface area (Å²) in [4.78, 5) is 15.0. The van der Waals surface area contributed by atoms with E-state index in [0.29, 0.717) is 19.4 Å². The molecule has 2 saturated heterocycles. The lowest BCUT2D eigenvalue weighted by atomic mass is 9.63. The van der Waals surface area contributed by atoms with Crippen molar-refractivity contribution in [2.24, 2.45) is 5.92 Å². The van der Waals surface area contributed by atoms with E-state index in [1.807, 2.05) is 66.7 Å². The van der Waals surface area contributed by atoms with Crippen molar-refractivity contribution in [3.8, 4) is 0 Å². The van der Waals surface area contributed by atoms with Gasteiger partial charge in [-0.05, 0) is 23.1 Å². The number of carbonyl (C=O) groups excluding carboxylic acids is 1. The van der Waals surface area contributed by atoms with Crippen LogP contribution in [0.4, 0.5) is 0 Å². The second kappa shape index (κ2) is 8.21. The maximum absolute atomic E-state index is 13.2. The number of nitrogens with zero attached hydrogens (tertiary/aromatic N) is 1. The molecule has 5 heteroatoms. The molecule has 2 atom stereocenters. The molecule has 1 amide bonds. The molecular weight excluding hydrogens is 418 g/mol. The van der Waals surface area contributed by atoms with E-state index >= 15 is 0 Å². The summed E-state index contributed by atoms with van der Waals surface area (Å²) in [6.45, 7) is 0.736. The van der Waals surface area contributed by atoms with Gasteiger partial charge in [-0.1, -0.05) is 91.0 Å². The highest BCUT2D eigenvalue weighted by Gasteiger charge is 2.57. The maximum Gasteiger partial charge on any atom is 0.227 e. The predicted molar refractivity (Wildman–Crippen MR) is 126 cm³/mol. The molecule has 2 heterocycles. The molecule has 0 spiro atoms. The lowest BCUT2D eigenvalue weighted by Crippen LogP contribution is -2.51. The molecule has 2 aliphatic heterocycles. The summed E-state index contributed by atoms with van der Waals surface area (Å²) in [7, 11) is -3.28. The van der Waals surface area contributed by atoms with E-state index in [9.17, 15) is 13.2 Å². The summed E-state index contributed by atoms with van der Waals surface area (Å²) in [6.07, 6.45) is 0.829. The first kappa shape index (κ1) is 21.0. The van der Waals surface area contributed by atoms with Gasteiger partial charge < -0.3 is 4.90 Å². The molecule has 3 aromatic rings. The number of likely N-dealkylation sites (tertiary alicyclic amines) is 1. The van der Waals surface area contributed by atoms with Gasteiger partial charge in [0.2, 0.25) is 5.91 Å². The van der Waals surface area contributed by atoms with Crippen molar-refractivity contribution in [2.75, 3.05) is 18.8 Å². The zero-order valence-corrected chi connectivity index (χ0v) is 18.7. The predicted octanol–water partition coefficient (Wildman–Crippen LogP) is 3.86. The summed E-state index contributed by atoms with van der Waals surface area (Å²) in [6, 6.07) is 30.1. The standard InChI is InChI=1S/C27H27NO3S/c29-26(18-21-10-4-1-5-11-21)28-19-24-25(20-28)32(30,31)17-16-27(24,22-12-6-2-7-13-22)23-14-8-3-9-15-23/h1-15,24-25H,16-20H2. The van der Waals surface area contributed by atoms with Crippen LogP contribution in [0, 0.1) is 5.92 Å². The minimum Gasteiger partial charge on any atom is -0.341 e. The number of amides is 1. The second-order valence-electron chi connectivity index (χ2n) is 8.93. The Balaban J connectivity index is 1.56. The maximum atomic E-state index is 13.2. The number of rotatable bonds is 4. The van der Waals surface area contributed by atoms with E-state index < -0.39 is 20.5 Å². The van der Waals surface area contributed by atoms with Crippen LogP contribution < -0.4 is 0 Å². The van der Waals surface area contributed by atoms with Crippen LogP contribution >= 0.6 is 0 Å². The summed E-state index contributed by atoms with van der Waals surface area (Å²) in [5, 5.41) is -0.545. The van der Waals surface area contributed by atoms with E-state index in [1.165, 1.54) is 0 Å². The van der Waals surface area contributed by atoms with Crippen molar-refractivity contribution >= 4 is 15.7 Å². The monoisotopic (exact) mass is 445 g/mol. The van der Waals surface area contributed by atoms with Crippen LogP contribution in [0.25, 0.3) is 0 Å². The summed E-state index contributed by atoms with van der Waals surface area (Å²) in [5.74, 6) is -0.0415. The van der Waals surface area contributed by atoms with Crippen LogP contribution in [-0.2, 0) is 26.5 Å². The highest BCUT2D eigenvalue weighted by atomic mass is 32.2. The van der Waals surface area contributed by atoms with Crippen molar-refractivity contribution in [3.63, 3.8) is 0 Å². The first-order valence-electron chi connectivity index (χ1n) is 11.1. The lowest BCUT2D eigenvalue weighted by Gasteiger charge is -2.45. The van der Waals surface area contributed by atoms with Crippen molar-refractivity contribution in [2.45, 2.75) is 23.5 Å². The first-order valence-corrected chi connectivity index (χ1v) is 12.9. The number of hydrogen-bond donors (Lipinski definition) is 0. The Labute approximate surface area is 189 Å². The van der Waals surface area contributed by atoms with Gasteiger partial charge in [0, 0.05) is 24.4 Å². The Kier molecular flexibility index (Phi) is 5.38. The third kappa shape index (κ3) is 3.55. The Hall–Kier alpha value is -2.92. The molecule has 32 heavy (non-hydrogen) atoms. The minimum atomic E-state index is -3.28. The minimum absolute atomic E-state index is 0.00387. The van der Waals surface area contributed by atoms with Crippen molar-refractivity contribution in [1.29, 1.82) is 0 Å². The topological polar surface area (TPSA) is 54.5 Å². The molecule has 4 nitrogen and oxygen atoms in total. The normalized spacial score (nSPS) is 23.4. The zero-order valence-electron chi connectivity index (χ0n) is 17.9. The van der Waals surface area contributed by atoms with Crippen LogP contribution in [0.5, 0.6) is 0 Å². The number of hydrogen-bond acceptors (Lipinski definition) is 3. The largest absolute Gasteiger partial charge is 0.341 e. The molecule has 0 N–H and O–H groups in total. The molecule has 164 valence electrons. The van der Waals surface area contributed by atoms with E-state index in [1.54, 1.807) is 4.90 Å². The van der Waals surface area contributed by atoms with E-state index in [4.69, 9.17) is 0 Å². The molecule has 0 radical (unpaired) electrons. The highest BCUT2D eigenvalue weighted by Crippen LogP contribution is 2.51. The molecule has 0 aliphatic carbocycles. The molecule has 3 aromatic carbocycles. The quantitative estimate of drug-likeness (QED) is 0.613. The first-order chi connectivity index (χ1) is 15.5. The third-order valence-corrected chi connectivity index (χ3v) is 9.44. The van der Waals surface area contributed by atoms with E-state index in [0.717, 1.165) is 16.7 Å². The fraction of sp³-hybridized carbons (Fsp3) is 0.296. The Morgan fingerprint density at radius 1 is 0.812 bits per heavy atom. The van der Waals surface area contributed by atoms with Crippen LogP contribution in [0.15, 0.2) is 91.0 Å². The summed E-state index contributed by atoms with van der Waals surface area (Å²) >= 11 is 0. The molecule has 0 bridgehead atoms. The summed E-state index contributed by atoms with van der Waals surface area (Å²) < 4.78 is 26.4. The fourth-order valence-electron chi connectivity index (χ4n) is 5.69. The van der Waals surface area contributed by atoms with Gasteiger partial charge in [-0.15, -0.1) is 0 Å². The zero-order chi connectivity index (χ0) is 22.2. The van der Waals surface area contributed by atoms with Gasteiger partial charge in [0.25, 0.3) is 0 Å². The SMILES string of the molecule is O=C(Cc1ccccc1)N1CC2C(C1)S(=O)(=O)CCC2(c1ccccc1)c1ccccc1. The van der Waals surface area contributed by atoms with Crippen LogP contribution in [0.2, 0.25) is 0 Å². The van der Waals surface area contributed by atoms with E-state index in [-0.39, 0.29) is 24.1 Å². The highest BCUT2D eigenvalue weighted by molar-refractivity contribution is 7.92. The molecule has 5 rings (SSSR count). The number of benzene rings is 3. The van der Waals surface area contributed by atoms with Crippen LogP contribution in [0.1, 0.15) is 23.1 Å². The lowest BCUT2D eigenvalue weighted by molar-refractivity contribution is -0.129. The van der Waals surface area contributed by atoms with E-state index in [2.05, 4.69) is 24.3 Å². The van der Waals surface area contributed by atoms with Crippen LogP contribution in [0.3, 0.4) is 0 Å². The van der Waals surface area contributed by atoms with Gasteiger partial charge in [-0.3, -0.25) is 4.79 Å². The Morgan fingerprint density at radius 2 is 1.34 bits per heavy atom. The number of carbonyl (C=O) groups is 1. The van der Waals surface area contributed by atoms with Crippen molar-refractivity contribution in [1.82, 2.24) is 4.90 Å². The van der Waals surface area contributed by atoms with Crippen LogP contribution in [-0.4, -0.2) is 43.3 Å². The van der Waals surface area contributed by atoms with Crippen molar-refractivity contribution in [3.05, 3.63) is 108 Å². The van der Waals surface area contributed by atoms with Gasteiger partial charge in [0.1, 0.15) is 0 Å². The Morgan fingerprint density at radius 3 is 1.91 bits per heavy atom. The molecule has 0 aromatic heterocycles. The Bertz CT molecular complexity index is 1150. The molecule has 2 fully saturated rings. The van der Waals surface area contributed by atoms with Gasteiger partial charge in [0.05, 0.1) is 17.4 Å². The van der Waals surface area contributed by atoms with Gasteiger partial charge in [-0.2, -0.15) is 0 Å². The van der Waals surface area contributed by atoms with Gasteiger partial charge in [-0.25, -0.2) is 8.42 Å². The third-order valence-electron chi connectivity index (χ3n) is 7.27. The van der Waals surface area contributed by atoms with Gasteiger partial charge in [0.15, 0.2) is 9.84 Å².